The maximum atomic E-state index is 5.31. The summed E-state index contributed by atoms with van der Waals surface area (Å²) in [7, 11) is 0. The third-order valence-electron chi connectivity index (χ3n) is 11.1. The molecule has 1 aliphatic carbocycles. The van der Waals surface area contributed by atoms with Crippen LogP contribution in [0, 0.1) is 0 Å². The van der Waals surface area contributed by atoms with E-state index in [9.17, 15) is 0 Å². The minimum Gasteiger partial charge on any atom is -0.264 e. The van der Waals surface area contributed by atoms with Gasteiger partial charge in [-0.15, -0.1) is 0 Å². The highest BCUT2D eigenvalue weighted by atomic mass is 14.9. The van der Waals surface area contributed by atoms with Gasteiger partial charge in [0.2, 0.25) is 0 Å². The molecule has 2 aromatic heterocycles. The molecule has 0 saturated heterocycles. The maximum Gasteiger partial charge on any atom is 0.160 e. The normalized spacial score (nSPS) is 11.6. The first kappa shape index (κ1) is 32.0. The Morgan fingerprint density at radius 1 is 0.304 bits per heavy atom. The van der Waals surface area contributed by atoms with Crippen LogP contribution in [-0.2, 0) is 0 Å². The van der Waals surface area contributed by atoms with Crippen molar-refractivity contribution in [1.82, 2.24) is 15.0 Å². The molecule has 56 heavy (non-hydrogen) atoms. The fourth-order valence-corrected chi connectivity index (χ4v) is 8.67. The van der Waals surface area contributed by atoms with Crippen LogP contribution in [-0.4, -0.2) is 15.0 Å². The van der Waals surface area contributed by atoms with Gasteiger partial charge in [-0.2, -0.15) is 0 Å². The Hall–Kier alpha value is -7.49. The molecule has 260 valence electrons. The van der Waals surface area contributed by atoms with Crippen LogP contribution in [0.4, 0.5) is 0 Å². The Kier molecular flexibility index (Phi) is 7.49. The lowest BCUT2D eigenvalue weighted by Crippen LogP contribution is -1.96. The van der Waals surface area contributed by atoms with Gasteiger partial charge in [0, 0.05) is 34.6 Å². The summed E-state index contributed by atoms with van der Waals surface area (Å²) in [5.41, 5.74) is 17.0. The number of nitrogens with zero attached hydrogens (tertiary/aromatic N) is 3. The lowest BCUT2D eigenvalue weighted by molar-refractivity contribution is 1.18. The highest BCUT2D eigenvalue weighted by Gasteiger charge is 2.31. The molecule has 0 amide bonds. The topological polar surface area (TPSA) is 38.7 Å². The van der Waals surface area contributed by atoms with Crippen molar-refractivity contribution in [2.24, 2.45) is 0 Å². The van der Waals surface area contributed by atoms with Crippen LogP contribution < -0.4 is 0 Å². The smallest absolute Gasteiger partial charge is 0.160 e. The quantitative estimate of drug-likeness (QED) is 0.172. The fourth-order valence-electron chi connectivity index (χ4n) is 8.67. The Labute approximate surface area is 325 Å². The molecule has 0 aliphatic heterocycles. The van der Waals surface area contributed by atoms with E-state index >= 15 is 0 Å². The molecule has 0 unspecified atom stereocenters. The van der Waals surface area contributed by atoms with Gasteiger partial charge in [0.1, 0.15) is 0 Å². The number of hydrogen-bond acceptors (Lipinski definition) is 3. The third-order valence-corrected chi connectivity index (χ3v) is 11.1. The van der Waals surface area contributed by atoms with E-state index in [-0.39, 0.29) is 0 Å². The van der Waals surface area contributed by atoms with Crippen molar-refractivity contribution < 1.29 is 0 Å². The second-order valence-electron chi connectivity index (χ2n) is 14.3. The monoisotopic (exact) mass is 711 g/mol. The minimum atomic E-state index is 0.695. The van der Waals surface area contributed by atoms with Crippen LogP contribution >= 0.6 is 0 Å². The number of pyridine rings is 1. The van der Waals surface area contributed by atoms with Crippen molar-refractivity contribution in [2.75, 3.05) is 0 Å². The molecule has 8 aromatic carbocycles. The summed E-state index contributed by atoms with van der Waals surface area (Å²) in [6.07, 6.45) is 3.71. The van der Waals surface area contributed by atoms with Gasteiger partial charge in [-0.1, -0.05) is 170 Å². The summed E-state index contributed by atoms with van der Waals surface area (Å²) in [5, 5.41) is 4.93. The van der Waals surface area contributed by atoms with Crippen molar-refractivity contribution >= 4 is 21.5 Å². The Bertz CT molecular complexity index is 3010. The number of aromatic nitrogens is 3. The van der Waals surface area contributed by atoms with Gasteiger partial charge in [-0.3, -0.25) is 4.98 Å². The lowest BCUT2D eigenvalue weighted by atomic mass is 9.82. The molecule has 0 atom stereocenters. The summed E-state index contributed by atoms with van der Waals surface area (Å²) in [5.74, 6) is 0.695. The van der Waals surface area contributed by atoms with Crippen LogP contribution in [0.25, 0.3) is 111 Å². The van der Waals surface area contributed by atoms with E-state index < -0.39 is 0 Å². The number of rotatable bonds is 6. The summed E-state index contributed by atoms with van der Waals surface area (Å²) >= 11 is 0. The van der Waals surface area contributed by atoms with Gasteiger partial charge in [-0.25, -0.2) is 9.97 Å². The number of fused-ring (bicyclic) bond motifs is 4. The molecule has 0 radical (unpaired) electrons. The summed E-state index contributed by atoms with van der Waals surface area (Å²) in [6, 6.07) is 67.1. The van der Waals surface area contributed by atoms with E-state index in [2.05, 4.69) is 169 Å². The van der Waals surface area contributed by atoms with E-state index in [1.165, 1.54) is 66.1 Å². The van der Waals surface area contributed by atoms with Gasteiger partial charge < -0.3 is 0 Å². The summed E-state index contributed by atoms with van der Waals surface area (Å²) in [6.45, 7) is 0. The molecule has 3 heteroatoms. The van der Waals surface area contributed by atoms with E-state index in [0.29, 0.717) is 5.82 Å². The molecule has 1 aliphatic rings. The van der Waals surface area contributed by atoms with Crippen molar-refractivity contribution in [1.29, 1.82) is 0 Å². The SMILES string of the molecule is c1ccc(-c2nc(-c3cccc(-c4cccnc4)c3)cc(-c3ccc4c5c(cccc35)-c3c-4c(-c4ccccc4)c4ccccc4c3-c3ccccc3)n2)cc1. The lowest BCUT2D eigenvalue weighted by Gasteiger charge is -2.20. The minimum absolute atomic E-state index is 0.695. The van der Waals surface area contributed by atoms with Crippen molar-refractivity contribution in [3.63, 3.8) is 0 Å². The first-order valence-electron chi connectivity index (χ1n) is 19.0. The average molecular weight is 712 g/mol. The molecule has 3 nitrogen and oxygen atoms in total. The third kappa shape index (κ3) is 5.17. The van der Waals surface area contributed by atoms with Crippen molar-refractivity contribution in [2.45, 2.75) is 0 Å². The average Bonchev–Trinajstić information content (AvgIpc) is 3.61. The molecule has 11 rings (SSSR count). The highest BCUT2D eigenvalue weighted by Crippen LogP contribution is 2.58. The van der Waals surface area contributed by atoms with Gasteiger partial charge in [0.15, 0.2) is 5.82 Å². The maximum absolute atomic E-state index is 5.31. The zero-order valence-corrected chi connectivity index (χ0v) is 30.4. The first-order valence-corrected chi connectivity index (χ1v) is 19.0. The van der Waals surface area contributed by atoms with E-state index in [0.717, 1.165) is 39.2 Å². The van der Waals surface area contributed by atoms with E-state index in [1.54, 1.807) is 6.20 Å². The van der Waals surface area contributed by atoms with Crippen LogP contribution in [0.1, 0.15) is 0 Å². The van der Waals surface area contributed by atoms with Crippen molar-refractivity contribution in [3.05, 3.63) is 200 Å². The zero-order chi connectivity index (χ0) is 37.0. The molecule has 10 aromatic rings. The highest BCUT2D eigenvalue weighted by molar-refractivity contribution is 6.28. The predicted molar refractivity (Wildman–Crippen MR) is 232 cm³/mol. The van der Waals surface area contributed by atoms with Gasteiger partial charge in [0.05, 0.1) is 11.4 Å². The summed E-state index contributed by atoms with van der Waals surface area (Å²) < 4.78 is 0. The Morgan fingerprint density at radius 2 is 0.821 bits per heavy atom. The predicted octanol–water partition coefficient (Wildman–Crippen LogP) is 13.8. The number of hydrogen-bond donors (Lipinski definition) is 0. The Balaban J connectivity index is 1.19. The second-order valence-corrected chi connectivity index (χ2v) is 14.3. The Morgan fingerprint density at radius 3 is 1.48 bits per heavy atom. The van der Waals surface area contributed by atoms with Crippen LogP contribution in [0.5, 0.6) is 0 Å². The van der Waals surface area contributed by atoms with Crippen LogP contribution in [0.15, 0.2) is 200 Å². The molecule has 0 spiro atoms. The summed E-state index contributed by atoms with van der Waals surface area (Å²) in [4.78, 5) is 14.9. The second kappa shape index (κ2) is 13.1. The molecule has 0 bridgehead atoms. The molecule has 0 fully saturated rings. The standard InChI is InChI=1S/C53H33N3/c1-4-15-34(16-5-1)48-42-24-10-11-25-43(42)49(35-17-6-2-7-18-35)52-45-29-28-40(41-26-13-27-44(50(41)45)51(48)52)47-32-46(55-53(56-47)36-19-8-3-9-20-36)38-22-12-21-37(31-38)39-23-14-30-54-33-39/h1-33H. The molecular weight excluding hydrogens is 679 g/mol. The zero-order valence-electron chi connectivity index (χ0n) is 30.4. The largest absolute Gasteiger partial charge is 0.264 e. The van der Waals surface area contributed by atoms with Crippen LogP contribution in [0.3, 0.4) is 0 Å². The molecular formula is C53H33N3. The fraction of sp³-hybridized carbons (Fsp3) is 0. The molecule has 0 saturated carbocycles. The van der Waals surface area contributed by atoms with Crippen molar-refractivity contribution in [3.8, 4) is 89.5 Å². The van der Waals surface area contributed by atoms with Crippen LogP contribution in [0.2, 0.25) is 0 Å². The van der Waals surface area contributed by atoms with Gasteiger partial charge in [0.25, 0.3) is 0 Å². The van der Waals surface area contributed by atoms with Gasteiger partial charge >= 0.3 is 0 Å². The number of benzene rings is 8. The van der Waals surface area contributed by atoms with Gasteiger partial charge in [-0.05, 0) is 89.8 Å². The van der Waals surface area contributed by atoms with E-state index in [4.69, 9.17) is 9.97 Å². The molecule has 0 N–H and O–H groups in total. The molecule has 2 heterocycles. The van der Waals surface area contributed by atoms with E-state index in [1.807, 2.05) is 30.5 Å². The first-order chi connectivity index (χ1) is 27.8.